The monoisotopic (exact) mass is 405 g/mol. The molecule has 146 valence electrons. The Kier molecular flexibility index (Phi) is 4.01. The summed E-state index contributed by atoms with van der Waals surface area (Å²) in [4.78, 5) is 30.7. The van der Waals surface area contributed by atoms with E-state index in [1.807, 2.05) is 36.7 Å². The normalized spacial score (nSPS) is 19.4. The van der Waals surface area contributed by atoms with Crippen LogP contribution < -0.4 is 0 Å². The van der Waals surface area contributed by atoms with Crippen LogP contribution in [0.25, 0.3) is 33.0 Å². The van der Waals surface area contributed by atoms with E-state index in [1.165, 1.54) is 11.3 Å². The van der Waals surface area contributed by atoms with Gasteiger partial charge in [-0.1, -0.05) is 12.1 Å². The number of aromatic nitrogens is 4. The Morgan fingerprint density at radius 2 is 2.07 bits per heavy atom. The Morgan fingerprint density at radius 3 is 2.86 bits per heavy atom. The van der Waals surface area contributed by atoms with Crippen molar-refractivity contribution in [1.29, 1.82) is 0 Å². The summed E-state index contributed by atoms with van der Waals surface area (Å²) in [6, 6.07) is 5.66. The van der Waals surface area contributed by atoms with Crippen molar-refractivity contribution in [2.45, 2.75) is 18.9 Å². The number of aromatic amines is 1. The van der Waals surface area contributed by atoms with E-state index in [0.717, 1.165) is 38.6 Å². The number of likely N-dealkylation sites (N-methyl/N-ethyl adjacent to an activating group) is 1. The minimum atomic E-state index is -1.47. The van der Waals surface area contributed by atoms with E-state index in [0.29, 0.717) is 18.5 Å². The molecule has 1 aliphatic heterocycles. The molecule has 0 unspecified atom stereocenters. The van der Waals surface area contributed by atoms with E-state index < -0.39 is 5.60 Å². The van der Waals surface area contributed by atoms with Crippen molar-refractivity contribution < 1.29 is 9.90 Å². The molecule has 5 rings (SSSR count). The van der Waals surface area contributed by atoms with Crippen molar-refractivity contribution in [2.75, 3.05) is 13.6 Å². The molecule has 0 bridgehead atoms. The van der Waals surface area contributed by atoms with Crippen molar-refractivity contribution in [3.05, 3.63) is 53.3 Å². The summed E-state index contributed by atoms with van der Waals surface area (Å²) in [6.45, 7) is 2.54. The Balaban J connectivity index is 1.56. The standard InChI is InChI=1S/C21H19N5O2S/c1-12-3-4-13(21(28)5-8-26(2)20(21)27)9-14(12)16-11-29-19(25-16)15-10-24-18-17(15)22-6-7-23-18/h3-4,6-7,9-11,28H,5,8H2,1-2H3,(H,23,24)/t21-/m1/s1. The SMILES string of the molecule is Cc1ccc([C@]2(O)CCN(C)C2=O)cc1-c1csc(-c2c[nH]c3nccnc23)n1. The van der Waals surface area contributed by atoms with Crippen molar-refractivity contribution in [2.24, 2.45) is 0 Å². The summed E-state index contributed by atoms with van der Waals surface area (Å²) in [5.74, 6) is -0.261. The van der Waals surface area contributed by atoms with Crippen LogP contribution in [0.1, 0.15) is 17.5 Å². The fourth-order valence-electron chi connectivity index (χ4n) is 3.81. The van der Waals surface area contributed by atoms with Gasteiger partial charge >= 0.3 is 0 Å². The quantitative estimate of drug-likeness (QED) is 0.546. The van der Waals surface area contributed by atoms with E-state index in [1.54, 1.807) is 24.3 Å². The van der Waals surface area contributed by atoms with Gasteiger partial charge in [-0.05, 0) is 24.1 Å². The molecular weight excluding hydrogens is 386 g/mol. The second kappa shape index (κ2) is 6.47. The molecule has 0 aliphatic carbocycles. The number of likely N-dealkylation sites (tertiary alicyclic amines) is 1. The fraction of sp³-hybridized carbons (Fsp3) is 0.238. The third-order valence-electron chi connectivity index (χ3n) is 5.54. The summed E-state index contributed by atoms with van der Waals surface area (Å²) in [7, 11) is 1.71. The molecule has 1 aromatic carbocycles. The third kappa shape index (κ3) is 2.75. The van der Waals surface area contributed by atoms with Crippen molar-refractivity contribution in [1.82, 2.24) is 24.8 Å². The van der Waals surface area contributed by atoms with Crippen LogP contribution in [0.3, 0.4) is 0 Å². The van der Waals surface area contributed by atoms with Gasteiger partial charge in [0.05, 0.1) is 11.3 Å². The predicted molar refractivity (Wildman–Crippen MR) is 111 cm³/mol. The number of nitrogens with one attached hydrogen (secondary N) is 1. The maximum absolute atomic E-state index is 12.5. The van der Waals surface area contributed by atoms with Crippen molar-refractivity contribution in [3.8, 4) is 21.8 Å². The number of nitrogens with zero attached hydrogens (tertiary/aromatic N) is 4. The van der Waals surface area contributed by atoms with Crippen molar-refractivity contribution >= 4 is 28.4 Å². The number of carbonyl (C=O) groups is 1. The number of rotatable bonds is 3. The minimum absolute atomic E-state index is 0.261. The highest BCUT2D eigenvalue weighted by Gasteiger charge is 2.45. The highest BCUT2D eigenvalue weighted by Crippen LogP contribution is 2.37. The second-order valence-corrected chi connectivity index (χ2v) is 8.22. The molecule has 1 saturated heterocycles. The average molecular weight is 405 g/mol. The highest BCUT2D eigenvalue weighted by molar-refractivity contribution is 7.13. The molecule has 0 spiro atoms. The molecule has 1 fully saturated rings. The van der Waals surface area contributed by atoms with Gasteiger partial charge in [0, 0.05) is 49.5 Å². The molecule has 3 aromatic heterocycles. The Morgan fingerprint density at radius 1 is 1.24 bits per heavy atom. The molecule has 29 heavy (non-hydrogen) atoms. The first-order chi connectivity index (χ1) is 14.0. The third-order valence-corrected chi connectivity index (χ3v) is 6.42. The molecular formula is C21H19N5O2S. The van der Waals surface area contributed by atoms with Gasteiger partial charge in [-0.25, -0.2) is 9.97 Å². The summed E-state index contributed by atoms with van der Waals surface area (Å²) < 4.78 is 0. The smallest absolute Gasteiger partial charge is 0.258 e. The summed E-state index contributed by atoms with van der Waals surface area (Å²) in [5.41, 5.74) is 4.31. The summed E-state index contributed by atoms with van der Waals surface area (Å²) in [5, 5.41) is 13.8. The van der Waals surface area contributed by atoms with Crippen molar-refractivity contribution in [3.63, 3.8) is 0 Å². The molecule has 1 atom stereocenters. The zero-order chi connectivity index (χ0) is 20.2. The number of carbonyl (C=O) groups excluding carboxylic acids is 1. The average Bonchev–Trinajstić information content (AvgIpc) is 3.43. The van der Waals surface area contributed by atoms with E-state index in [-0.39, 0.29) is 5.91 Å². The highest BCUT2D eigenvalue weighted by atomic mass is 32.1. The minimum Gasteiger partial charge on any atom is -0.375 e. The topological polar surface area (TPSA) is 95.0 Å². The molecule has 0 saturated carbocycles. The van der Waals surface area contributed by atoms with Crippen LogP contribution in [0.5, 0.6) is 0 Å². The summed E-state index contributed by atoms with van der Waals surface area (Å²) in [6.07, 6.45) is 5.57. The predicted octanol–water partition coefficient (Wildman–Crippen LogP) is 3.11. The number of hydrogen-bond donors (Lipinski definition) is 2. The van der Waals surface area contributed by atoms with Gasteiger partial charge < -0.3 is 15.0 Å². The fourth-order valence-corrected chi connectivity index (χ4v) is 4.65. The van der Waals surface area contributed by atoms with Gasteiger partial charge in [0.15, 0.2) is 11.2 Å². The molecule has 4 aromatic rings. The van der Waals surface area contributed by atoms with Crippen LogP contribution >= 0.6 is 11.3 Å². The maximum Gasteiger partial charge on any atom is 0.258 e. The maximum atomic E-state index is 12.5. The lowest BCUT2D eigenvalue weighted by atomic mass is 9.89. The van der Waals surface area contributed by atoms with E-state index in [4.69, 9.17) is 4.98 Å². The van der Waals surface area contributed by atoms with Crippen LogP contribution in [0.15, 0.2) is 42.2 Å². The van der Waals surface area contributed by atoms with Gasteiger partial charge in [0.2, 0.25) is 0 Å². The van der Waals surface area contributed by atoms with E-state index in [2.05, 4.69) is 15.0 Å². The molecule has 1 amide bonds. The first-order valence-corrected chi connectivity index (χ1v) is 10.2. The summed E-state index contributed by atoms with van der Waals surface area (Å²) >= 11 is 1.53. The van der Waals surface area contributed by atoms with Crippen LogP contribution in [0, 0.1) is 6.92 Å². The van der Waals surface area contributed by atoms with Gasteiger partial charge in [0.1, 0.15) is 10.5 Å². The Bertz CT molecular complexity index is 1250. The number of H-pyrrole nitrogens is 1. The van der Waals surface area contributed by atoms with Crippen LogP contribution in [0.4, 0.5) is 0 Å². The van der Waals surface area contributed by atoms with Gasteiger partial charge in [-0.15, -0.1) is 11.3 Å². The largest absolute Gasteiger partial charge is 0.375 e. The second-order valence-electron chi connectivity index (χ2n) is 7.36. The lowest BCUT2D eigenvalue weighted by Gasteiger charge is -2.22. The molecule has 0 radical (unpaired) electrons. The molecule has 8 heteroatoms. The molecule has 4 heterocycles. The first kappa shape index (κ1) is 18.0. The van der Waals surface area contributed by atoms with Crippen LogP contribution in [-0.4, -0.2) is 49.4 Å². The molecule has 1 aliphatic rings. The lowest BCUT2D eigenvalue weighted by molar-refractivity contribution is -0.143. The van der Waals surface area contributed by atoms with Crippen LogP contribution in [0.2, 0.25) is 0 Å². The number of aryl methyl sites for hydroxylation is 1. The van der Waals surface area contributed by atoms with Gasteiger partial charge in [-0.2, -0.15) is 0 Å². The first-order valence-electron chi connectivity index (χ1n) is 9.31. The molecule has 7 nitrogen and oxygen atoms in total. The number of thiazole rings is 1. The lowest BCUT2D eigenvalue weighted by Crippen LogP contribution is -2.36. The van der Waals surface area contributed by atoms with Gasteiger partial charge in [-0.3, -0.25) is 9.78 Å². The zero-order valence-electron chi connectivity index (χ0n) is 16.0. The number of amides is 1. The number of hydrogen-bond acceptors (Lipinski definition) is 6. The molecule has 2 N–H and O–H groups in total. The number of benzene rings is 1. The van der Waals surface area contributed by atoms with Gasteiger partial charge in [0.25, 0.3) is 5.91 Å². The Hall–Kier alpha value is -3.10. The van der Waals surface area contributed by atoms with E-state index >= 15 is 0 Å². The number of aliphatic hydroxyl groups is 1. The van der Waals surface area contributed by atoms with E-state index in [9.17, 15) is 9.90 Å². The number of fused-ring (bicyclic) bond motifs is 1. The van der Waals surface area contributed by atoms with Crippen LogP contribution in [-0.2, 0) is 10.4 Å². The zero-order valence-corrected chi connectivity index (χ0v) is 16.8. The Labute approximate surface area is 171 Å².